The first-order chi connectivity index (χ1) is 10.0. The van der Waals surface area contributed by atoms with Crippen LogP contribution in [0.5, 0.6) is 11.6 Å². The summed E-state index contributed by atoms with van der Waals surface area (Å²) in [6.45, 7) is 1.80. The first kappa shape index (κ1) is 13.3. The molecule has 0 aliphatic rings. The van der Waals surface area contributed by atoms with Crippen LogP contribution in [0.25, 0.3) is 5.78 Å². The first-order valence-electron chi connectivity index (χ1n) is 5.92. The van der Waals surface area contributed by atoms with Crippen LogP contribution in [0.15, 0.2) is 30.6 Å². The minimum Gasteiger partial charge on any atom is -0.478 e. The van der Waals surface area contributed by atoms with Crippen LogP contribution in [0.2, 0.25) is 5.02 Å². The van der Waals surface area contributed by atoms with Crippen molar-refractivity contribution in [3.63, 3.8) is 0 Å². The molecule has 0 aliphatic heterocycles. The molecule has 0 spiro atoms. The van der Waals surface area contributed by atoms with Gasteiger partial charge in [-0.25, -0.2) is 9.78 Å². The number of benzene rings is 1. The molecular formula is C13H9ClN4O3. The van der Waals surface area contributed by atoms with Crippen LogP contribution in [0, 0.1) is 6.92 Å². The molecule has 0 fully saturated rings. The molecule has 3 aromatic rings. The van der Waals surface area contributed by atoms with Crippen molar-refractivity contribution in [2.45, 2.75) is 6.92 Å². The number of rotatable bonds is 3. The van der Waals surface area contributed by atoms with E-state index in [-0.39, 0.29) is 10.6 Å². The van der Waals surface area contributed by atoms with Crippen LogP contribution >= 0.6 is 11.6 Å². The van der Waals surface area contributed by atoms with Gasteiger partial charge in [-0.05, 0) is 25.1 Å². The summed E-state index contributed by atoms with van der Waals surface area (Å²) in [4.78, 5) is 19.1. The Morgan fingerprint density at radius 3 is 2.90 bits per heavy atom. The Morgan fingerprint density at radius 2 is 2.19 bits per heavy atom. The lowest BCUT2D eigenvalue weighted by molar-refractivity contribution is 0.0697. The van der Waals surface area contributed by atoms with Crippen LogP contribution in [0.4, 0.5) is 0 Å². The molecule has 8 heteroatoms. The van der Waals surface area contributed by atoms with E-state index in [1.54, 1.807) is 13.0 Å². The van der Waals surface area contributed by atoms with E-state index in [2.05, 4.69) is 15.1 Å². The molecule has 2 aromatic heterocycles. The summed E-state index contributed by atoms with van der Waals surface area (Å²) in [5.41, 5.74) is 0.799. The second-order valence-electron chi connectivity index (χ2n) is 4.26. The molecule has 0 amide bonds. The van der Waals surface area contributed by atoms with Crippen LogP contribution in [0.1, 0.15) is 16.1 Å². The summed E-state index contributed by atoms with van der Waals surface area (Å²) in [5.74, 6) is 0.0641. The van der Waals surface area contributed by atoms with Gasteiger partial charge >= 0.3 is 5.97 Å². The number of hydrogen-bond acceptors (Lipinski definition) is 5. The van der Waals surface area contributed by atoms with E-state index in [0.717, 1.165) is 0 Å². The molecule has 106 valence electrons. The van der Waals surface area contributed by atoms with Gasteiger partial charge in [-0.15, -0.1) is 0 Å². The highest BCUT2D eigenvalue weighted by Gasteiger charge is 2.12. The Bertz CT molecular complexity index is 847. The molecule has 0 saturated carbocycles. The van der Waals surface area contributed by atoms with Gasteiger partial charge in [0.2, 0.25) is 5.88 Å². The van der Waals surface area contributed by atoms with E-state index in [4.69, 9.17) is 21.4 Å². The van der Waals surface area contributed by atoms with Crippen LogP contribution in [0.3, 0.4) is 0 Å². The fourth-order valence-corrected chi connectivity index (χ4v) is 2.02. The maximum atomic E-state index is 10.9. The second kappa shape index (κ2) is 5.02. The van der Waals surface area contributed by atoms with E-state index in [1.807, 2.05) is 0 Å². The fourth-order valence-electron chi connectivity index (χ4n) is 1.80. The number of fused-ring (bicyclic) bond motifs is 1. The standard InChI is InChI=1S/C13H9ClN4O3/c1-7-4-11(18-13(17-7)15-6-16-18)21-10-3-2-8(12(19)20)5-9(10)14/h2-6H,1H3,(H,19,20). The molecule has 21 heavy (non-hydrogen) atoms. The van der Waals surface area contributed by atoms with Gasteiger partial charge in [0.1, 0.15) is 12.1 Å². The molecule has 2 heterocycles. The minimum absolute atomic E-state index is 0.0872. The zero-order valence-electron chi connectivity index (χ0n) is 10.8. The van der Waals surface area contributed by atoms with Crippen molar-refractivity contribution >= 4 is 23.3 Å². The van der Waals surface area contributed by atoms with Crippen molar-refractivity contribution in [1.29, 1.82) is 0 Å². The number of hydrogen-bond donors (Lipinski definition) is 1. The number of carboxylic acids is 1. The van der Waals surface area contributed by atoms with E-state index >= 15 is 0 Å². The topological polar surface area (TPSA) is 89.6 Å². The molecular weight excluding hydrogens is 296 g/mol. The van der Waals surface area contributed by atoms with Gasteiger partial charge in [-0.1, -0.05) is 11.6 Å². The number of aromatic nitrogens is 4. The Balaban J connectivity index is 2.02. The molecule has 0 radical (unpaired) electrons. The van der Waals surface area contributed by atoms with Gasteiger partial charge in [-0.2, -0.15) is 14.6 Å². The van der Waals surface area contributed by atoms with Gasteiger partial charge in [0.05, 0.1) is 10.6 Å². The van der Waals surface area contributed by atoms with Gasteiger partial charge in [0, 0.05) is 11.8 Å². The monoisotopic (exact) mass is 304 g/mol. The second-order valence-corrected chi connectivity index (χ2v) is 4.67. The lowest BCUT2D eigenvalue weighted by atomic mass is 10.2. The number of carbonyl (C=O) groups is 1. The van der Waals surface area contributed by atoms with E-state index in [1.165, 1.54) is 29.0 Å². The Kier molecular flexibility index (Phi) is 3.19. The molecule has 0 bridgehead atoms. The summed E-state index contributed by atoms with van der Waals surface area (Å²) >= 11 is 6.04. The predicted octanol–water partition coefficient (Wildman–Crippen LogP) is 2.58. The lowest BCUT2D eigenvalue weighted by Gasteiger charge is -2.09. The normalized spacial score (nSPS) is 10.8. The lowest BCUT2D eigenvalue weighted by Crippen LogP contribution is -2.00. The van der Waals surface area contributed by atoms with E-state index in [9.17, 15) is 4.79 Å². The molecule has 1 aromatic carbocycles. The van der Waals surface area contributed by atoms with Gasteiger partial charge in [0.15, 0.2) is 0 Å². The zero-order chi connectivity index (χ0) is 15.0. The quantitative estimate of drug-likeness (QED) is 0.800. The number of halogens is 1. The SMILES string of the molecule is Cc1cc(Oc2ccc(C(=O)O)cc2Cl)n2ncnc2n1. The highest BCUT2D eigenvalue weighted by atomic mass is 35.5. The molecule has 0 saturated heterocycles. The Labute approximate surface area is 123 Å². The molecule has 7 nitrogen and oxygen atoms in total. The van der Waals surface area contributed by atoms with Crippen molar-refractivity contribution in [2.24, 2.45) is 0 Å². The van der Waals surface area contributed by atoms with Gasteiger partial charge in [-0.3, -0.25) is 0 Å². The molecule has 3 rings (SSSR count). The average molecular weight is 305 g/mol. The van der Waals surface area contributed by atoms with Crippen molar-refractivity contribution in [3.05, 3.63) is 46.9 Å². The highest BCUT2D eigenvalue weighted by Crippen LogP contribution is 2.30. The minimum atomic E-state index is -1.05. The predicted molar refractivity (Wildman–Crippen MR) is 74.0 cm³/mol. The smallest absolute Gasteiger partial charge is 0.335 e. The van der Waals surface area contributed by atoms with Crippen molar-refractivity contribution in [1.82, 2.24) is 19.6 Å². The maximum Gasteiger partial charge on any atom is 0.335 e. The summed E-state index contributed by atoms with van der Waals surface area (Å²) < 4.78 is 7.12. The number of aromatic carboxylic acids is 1. The third-order valence-corrected chi connectivity index (χ3v) is 3.04. The van der Waals surface area contributed by atoms with Gasteiger partial charge in [0.25, 0.3) is 5.78 Å². The molecule has 0 aliphatic carbocycles. The van der Waals surface area contributed by atoms with Crippen molar-refractivity contribution < 1.29 is 14.6 Å². The first-order valence-corrected chi connectivity index (χ1v) is 6.30. The van der Waals surface area contributed by atoms with E-state index < -0.39 is 5.97 Å². The Hall–Kier alpha value is -2.67. The van der Waals surface area contributed by atoms with Crippen molar-refractivity contribution in [2.75, 3.05) is 0 Å². The van der Waals surface area contributed by atoms with Crippen LogP contribution in [-0.2, 0) is 0 Å². The third-order valence-electron chi connectivity index (χ3n) is 2.74. The maximum absolute atomic E-state index is 10.9. The van der Waals surface area contributed by atoms with Crippen LogP contribution in [-0.4, -0.2) is 30.7 Å². The summed E-state index contributed by atoms with van der Waals surface area (Å²) in [5, 5.41) is 13.1. The number of carboxylic acid groups (broad SMARTS) is 1. The average Bonchev–Trinajstić information content (AvgIpc) is 2.88. The molecule has 1 N–H and O–H groups in total. The highest BCUT2D eigenvalue weighted by molar-refractivity contribution is 6.32. The number of aryl methyl sites for hydroxylation is 1. The van der Waals surface area contributed by atoms with Gasteiger partial charge < -0.3 is 9.84 Å². The largest absolute Gasteiger partial charge is 0.478 e. The van der Waals surface area contributed by atoms with Crippen molar-refractivity contribution in [3.8, 4) is 11.6 Å². The summed E-state index contributed by atoms with van der Waals surface area (Å²) in [7, 11) is 0. The van der Waals surface area contributed by atoms with Crippen LogP contribution < -0.4 is 4.74 Å². The number of ether oxygens (including phenoxy) is 1. The Morgan fingerprint density at radius 1 is 1.38 bits per heavy atom. The number of nitrogens with zero attached hydrogens (tertiary/aromatic N) is 4. The van der Waals surface area contributed by atoms with E-state index in [0.29, 0.717) is 23.1 Å². The molecule has 0 atom stereocenters. The summed E-state index contributed by atoms with van der Waals surface area (Å²) in [6, 6.07) is 5.91. The zero-order valence-corrected chi connectivity index (χ0v) is 11.6. The third kappa shape index (κ3) is 2.50. The summed E-state index contributed by atoms with van der Waals surface area (Å²) in [6.07, 6.45) is 1.36. The molecule has 0 unspecified atom stereocenters. The fraction of sp³-hybridized carbons (Fsp3) is 0.0769.